The Balaban J connectivity index is 1.89. The van der Waals surface area contributed by atoms with Crippen LogP contribution in [0.4, 0.5) is 0 Å². The maximum atomic E-state index is 5.67. The SMILES string of the molecule is CCOC(C)(C)c1noc(C2NCCc3sccc32)n1. The van der Waals surface area contributed by atoms with Crippen LogP contribution in [0.2, 0.25) is 0 Å². The molecule has 2 aromatic rings. The number of nitrogens with one attached hydrogen (secondary N) is 1. The Labute approximate surface area is 122 Å². The van der Waals surface area contributed by atoms with Gasteiger partial charge < -0.3 is 14.6 Å². The fourth-order valence-corrected chi connectivity index (χ4v) is 3.41. The van der Waals surface area contributed by atoms with Gasteiger partial charge in [0, 0.05) is 18.0 Å². The minimum Gasteiger partial charge on any atom is -0.368 e. The fraction of sp³-hybridized carbons (Fsp3) is 0.571. The number of rotatable bonds is 4. The fourth-order valence-electron chi connectivity index (χ4n) is 2.49. The van der Waals surface area contributed by atoms with E-state index in [2.05, 4.69) is 26.9 Å². The molecule has 0 fully saturated rings. The Bertz CT molecular complexity index is 591. The molecule has 0 saturated carbocycles. The minimum atomic E-state index is -0.525. The van der Waals surface area contributed by atoms with E-state index in [9.17, 15) is 0 Å². The summed E-state index contributed by atoms with van der Waals surface area (Å²) >= 11 is 1.79. The maximum absolute atomic E-state index is 5.67. The minimum absolute atomic E-state index is 0.00340. The first-order chi connectivity index (χ1) is 9.62. The van der Waals surface area contributed by atoms with Crippen molar-refractivity contribution in [2.75, 3.05) is 13.2 Å². The Morgan fingerprint density at radius 2 is 2.40 bits per heavy atom. The molecule has 108 valence electrons. The first-order valence-corrected chi connectivity index (χ1v) is 7.77. The second-order valence-corrected chi connectivity index (χ2v) is 6.34. The van der Waals surface area contributed by atoms with Crippen LogP contribution in [0.25, 0.3) is 0 Å². The Morgan fingerprint density at radius 3 is 3.20 bits per heavy atom. The number of nitrogens with zero attached hydrogens (tertiary/aromatic N) is 2. The van der Waals surface area contributed by atoms with Crippen LogP contribution in [0, 0.1) is 0 Å². The van der Waals surface area contributed by atoms with Crippen LogP contribution >= 0.6 is 11.3 Å². The molecular weight excluding hydrogens is 274 g/mol. The molecule has 1 atom stereocenters. The van der Waals surface area contributed by atoms with Gasteiger partial charge in [-0.3, -0.25) is 0 Å². The summed E-state index contributed by atoms with van der Waals surface area (Å²) in [6.45, 7) is 7.42. The van der Waals surface area contributed by atoms with E-state index in [0.29, 0.717) is 18.3 Å². The molecule has 3 heterocycles. The lowest BCUT2D eigenvalue weighted by Crippen LogP contribution is -2.30. The van der Waals surface area contributed by atoms with Gasteiger partial charge in [-0.15, -0.1) is 11.3 Å². The average Bonchev–Trinajstić information content (AvgIpc) is 3.07. The molecule has 6 heteroatoms. The van der Waals surface area contributed by atoms with Crippen LogP contribution in [-0.4, -0.2) is 23.3 Å². The zero-order chi connectivity index (χ0) is 14.2. The molecular formula is C14H19N3O2S. The van der Waals surface area contributed by atoms with Crippen LogP contribution in [-0.2, 0) is 16.8 Å². The molecule has 5 nitrogen and oxygen atoms in total. The normalized spacial score (nSPS) is 19.1. The highest BCUT2D eigenvalue weighted by molar-refractivity contribution is 7.10. The highest BCUT2D eigenvalue weighted by Crippen LogP contribution is 2.32. The summed E-state index contributed by atoms with van der Waals surface area (Å²) in [5, 5.41) is 9.65. The Hall–Kier alpha value is -1.24. The number of hydrogen-bond acceptors (Lipinski definition) is 6. The van der Waals surface area contributed by atoms with Crippen molar-refractivity contribution in [3.8, 4) is 0 Å². The number of thiophene rings is 1. The molecule has 0 aromatic carbocycles. The standard InChI is InChI=1S/C14H19N3O2S/c1-4-18-14(2,3)13-16-12(19-17-13)11-9-6-8-20-10(9)5-7-15-11/h6,8,11,15H,4-5,7H2,1-3H3. The lowest BCUT2D eigenvalue weighted by Gasteiger charge is -2.21. The third-order valence-electron chi connectivity index (χ3n) is 3.52. The van der Waals surface area contributed by atoms with Crippen LogP contribution in [0.15, 0.2) is 16.0 Å². The molecule has 0 spiro atoms. The van der Waals surface area contributed by atoms with Crippen LogP contribution < -0.4 is 5.32 Å². The molecule has 0 aliphatic carbocycles. The molecule has 0 amide bonds. The molecule has 3 rings (SSSR count). The van der Waals surface area contributed by atoms with Crippen molar-refractivity contribution in [1.82, 2.24) is 15.5 Å². The summed E-state index contributed by atoms with van der Waals surface area (Å²) in [6.07, 6.45) is 1.06. The number of hydrogen-bond donors (Lipinski definition) is 1. The van der Waals surface area contributed by atoms with Crippen molar-refractivity contribution < 1.29 is 9.26 Å². The smallest absolute Gasteiger partial charge is 0.248 e. The van der Waals surface area contributed by atoms with E-state index >= 15 is 0 Å². The summed E-state index contributed by atoms with van der Waals surface area (Å²) in [6, 6.07) is 2.14. The third kappa shape index (κ3) is 2.39. The van der Waals surface area contributed by atoms with Gasteiger partial charge in [0.05, 0.1) is 0 Å². The second-order valence-electron chi connectivity index (χ2n) is 5.34. The van der Waals surface area contributed by atoms with Gasteiger partial charge in [-0.25, -0.2) is 0 Å². The van der Waals surface area contributed by atoms with E-state index < -0.39 is 5.60 Å². The zero-order valence-electron chi connectivity index (χ0n) is 12.0. The molecule has 0 saturated heterocycles. The van der Waals surface area contributed by atoms with Gasteiger partial charge in [-0.2, -0.15) is 4.98 Å². The van der Waals surface area contributed by atoms with E-state index in [1.54, 1.807) is 11.3 Å². The molecule has 1 aliphatic rings. The molecule has 20 heavy (non-hydrogen) atoms. The lowest BCUT2D eigenvalue weighted by molar-refractivity contribution is -0.0221. The molecule has 2 aromatic heterocycles. The highest BCUT2D eigenvalue weighted by atomic mass is 32.1. The van der Waals surface area contributed by atoms with E-state index in [0.717, 1.165) is 13.0 Å². The zero-order valence-corrected chi connectivity index (χ0v) is 12.8. The van der Waals surface area contributed by atoms with Crippen molar-refractivity contribution in [1.29, 1.82) is 0 Å². The van der Waals surface area contributed by atoms with E-state index in [-0.39, 0.29) is 6.04 Å². The molecule has 1 unspecified atom stereocenters. The molecule has 1 aliphatic heterocycles. The average molecular weight is 293 g/mol. The van der Waals surface area contributed by atoms with Gasteiger partial charge in [0.1, 0.15) is 11.6 Å². The van der Waals surface area contributed by atoms with Crippen molar-refractivity contribution in [3.63, 3.8) is 0 Å². The Kier molecular flexibility index (Phi) is 3.62. The van der Waals surface area contributed by atoms with Crippen molar-refractivity contribution in [3.05, 3.63) is 33.6 Å². The van der Waals surface area contributed by atoms with Gasteiger partial charge in [0.25, 0.3) is 0 Å². The first-order valence-electron chi connectivity index (χ1n) is 6.89. The van der Waals surface area contributed by atoms with Gasteiger partial charge in [-0.05, 0) is 44.2 Å². The van der Waals surface area contributed by atoms with E-state index in [1.165, 1.54) is 10.4 Å². The van der Waals surface area contributed by atoms with Crippen molar-refractivity contribution in [2.45, 2.75) is 38.8 Å². The lowest BCUT2D eigenvalue weighted by atomic mass is 10.0. The van der Waals surface area contributed by atoms with Gasteiger partial charge in [0.15, 0.2) is 0 Å². The molecule has 0 radical (unpaired) electrons. The number of fused-ring (bicyclic) bond motifs is 1. The van der Waals surface area contributed by atoms with Gasteiger partial charge in [0.2, 0.25) is 11.7 Å². The van der Waals surface area contributed by atoms with Crippen LogP contribution in [0.3, 0.4) is 0 Å². The highest BCUT2D eigenvalue weighted by Gasteiger charge is 2.31. The maximum Gasteiger partial charge on any atom is 0.248 e. The van der Waals surface area contributed by atoms with Gasteiger partial charge in [-0.1, -0.05) is 5.16 Å². The molecule has 0 bridgehead atoms. The summed E-state index contributed by atoms with van der Waals surface area (Å²) in [5.74, 6) is 1.21. The van der Waals surface area contributed by atoms with Crippen LogP contribution in [0.5, 0.6) is 0 Å². The summed E-state index contributed by atoms with van der Waals surface area (Å²) in [7, 11) is 0. The van der Waals surface area contributed by atoms with Crippen LogP contribution in [0.1, 0.15) is 49.0 Å². The second kappa shape index (κ2) is 5.27. The third-order valence-corrected chi connectivity index (χ3v) is 4.52. The topological polar surface area (TPSA) is 60.2 Å². The number of aromatic nitrogens is 2. The van der Waals surface area contributed by atoms with Gasteiger partial charge >= 0.3 is 0 Å². The van der Waals surface area contributed by atoms with E-state index in [4.69, 9.17) is 9.26 Å². The van der Waals surface area contributed by atoms with Crippen molar-refractivity contribution in [2.24, 2.45) is 0 Å². The monoisotopic (exact) mass is 293 g/mol. The summed E-state index contributed by atoms with van der Waals surface area (Å²) in [4.78, 5) is 5.94. The predicted octanol–water partition coefficient (Wildman–Crippen LogP) is 2.64. The number of ether oxygens (including phenoxy) is 1. The molecule has 1 N–H and O–H groups in total. The van der Waals surface area contributed by atoms with Crippen molar-refractivity contribution >= 4 is 11.3 Å². The summed E-state index contributed by atoms with van der Waals surface area (Å²) in [5.41, 5.74) is 0.730. The first kappa shape index (κ1) is 13.7. The largest absolute Gasteiger partial charge is 0.368 e. The quantitative estimate of drug-likeness (QED) is 0.939. The summed E-state index contributed by atoms with van der Waals surface area (Å²) < 4.78 is 11.1. The predicted molar refractivity (Wildman–Crippen MR) is 76.8 cm³/mol. The van der Waals surface area contributed by atoms with E-state index in [1.807, 2.05) is 20.8 Å². The Morgan fingerprint density at radius 1 is 1.55 bits per heavy atom.